The Balaban J connectivity index is 0.00000225. The summed E-state index contributed by atoms with van der Waals surface area (Å²) in [5, 5.41) is 3.35. The van der Waals surface area contributed by atoms with Crippen LogP contribution in [0.4, 0.5) is 17.6 Å². The average molecular weight is 403 g/mol. The first kappa shape index (κ1) is 20.4. The van der Waals surface area contributed by atoms with Crippen LogP contribution in [0.5, 0.6) is 0 Å². The molecular weight excluding hydrogens is 384 g/mol. The smallest absolute Gasteiger partial charge is 0.249 e. The van der Waals surface area contributed by atoms with Crippen LogP contribution in [0.15, 0.2) is 11.0 Å². The number of hydrogen-bond donors (Lipinski definition) is 1. The zero-order chi connectivity index (χ0) is 17.5. The van der Waals surface area contributed by atoms with E-state index in [1.807, 2.05) is 0 Å². The molecule has 1 aliphatic heterocycles. The lowest BCUT2D eigenvalue weighted by Crippen LogP contribution is -2.45. The van der Waals surface area contributed by atoms with Crippen LogP contribution in [-0.4, -0.2) is 38.4 Å². The highest BCUT2D eigenvalue weighted by Crippen LogP contribution is 2.30. The summed E-state index contributed by atoms with van der Waals surface area (Å²) < 4.78 is 79.8. The van der Waals surface area contributed by atoms with E-state index in [9.17, 15) is 26.0 Å². The predicted octanol–water partition coefficient (Wildman–Crippen LogP) is 2.82. The van der Waals surface area contributed by atoms with Gasteiger partial charge in [0.2, 0.25) is 10.0 Å². The predicted molar refractivity (Wildman–Crippen MR) is 86.0 cm³/mol. The number of nitrogens with one attached hydrogen (secondary N) is 1. The van der Waals surface area contributed by atoms with Crippen molar-refractivity contribution in [2.75, 3.05) is 19.6 Å². The Morgan fingerprint density at radius 3 is 2.00 bits per heavy atom. The number of rotatable bonds is 5. The molecule has 25 heavy (non-hydrogen) atoms. The summed E-state index contributed by atoms with van der Waals surface area (Å²) >= 11 is 0. The molecule has 1 aromatic rings. The fourth-order valence-electron chi connectivity index (χ4n) is 2.86. The van der Waals surface area contributed by atoms with E-state index in [-0.39, 0.29) is 37.6 Å². The molecule has 4 nitrogen and oxygen atoms in total. The van der Waals surface area contributed by atoms with Gasteiger partial charge >= 0.3 is 0 Å². The molecule has 2 aliphatic rings. The minimum absolute atomic E-state index is 0. The molecule has 0 amide bonds. The van der Waals surface area contributed by atoms with Gasteiger partial charge in [0.1, 0.15) is 0 Å². The second-order valence-electron chi connectivity index (χ2n) is 6.33. The number of hydrogen-bond acceptors (Lipinski definition) is 3. The van der Waals surface area contributed by atoms with E-state index < -0.39 is 38.2 Å². The lowest BCUT2D eigenvalue weighted by molar-refractivity contribution is 0.285. The summed E-state index contributed by atoms with van der Waals surface area (Å²) in [4.78, 5) is -1.55. The third-order valence-corrected chi connectivity index (χ3v) is 6.43. The van der Waals surface area contributed by atoms with Gasteiger partial charge in [-0.15, -0.1) is 12.4 Å². The molecular formula is C15H19ClF4N2O2S. The van der Waals surface area contributed by atoms with Crippen molar-refractivity contribution in [1.29, 1.82) is 0 Å². The third-order valence-electron chi connectivity index (χ3n) is 4.52. The van der Waals surface area contributed by atoms with Gasteiger partial charge in [0.15, 0.2) is 28.2 Å². The Labute approximate surface area is 150 Å². The molecule has 1 heterocycles. The minimum Gasteiger partial charge on any atom is -0.314 e. The van der Waals surface area contributed by atoms with Crippen molar-refractivity contribution in [2.24, 2.45) is 5.92 Å². The summed E-state index contributed by atoms with van der Waals surface area (Å²) in [5.41, 5.74) is 0. The van der Waals surface area contributed by atoms with E-state index in [4.69, 9.17) is 0 Å². The van der Waals surface area contributed by atoms with Gasteiger partial charge in [0, 0.05) is 25.2 Å². The van der Waals surface area contributed by atoms with Crippen molar-refractivity contribution < 1.29 is 26.0 Å². The summed E-state index contributed by atoms with van der Waals surface area (Å²) in [6.45, 7) is 0.971. The first-order valence-electron chi connectivity index (χ1n) is 7.87. The van der Waals surface area contributed by atoms with Crippen molar-refractivity contribution in [3.05, 3.63) is 29.3 Å². The van der Waals surface area contributed by atoms with Crippen LogP contribution in [0.25, 0.3) is 0 Å². The molecule has 0 bridgehead atoms. The van der Waals surface area contributed by atoms with Crippen LogP contribution in [0.3, 0.4) is 0 Å². The molecule has 1 N–H and O–H groups in total. The number of halogens is 5. The molecule has 0 radical (unpaired) electrons. The van der Waals surface area contributed by atoms with Gasteiger partial charge in [0.05, 0.1) is 0 Å². The van der Waals surface area contributed by atoms with E-state index in [1.165, 1.54) is 12.8 Å². The van der Waals surface area contributed by atoms with Gasteiger partial charge in [-0.25, -0.2) is 26.0 Å². The van der Waals surface area contributed by atoms with Crippen molar-refractivity contribution >= 4 is 22.4 Å². The van der Waals surface area contributed by atoms with Gasteiger partial charge in [0.25, 0.3) is 0 Å². The first-order chi connectivity index (χ1) is 11.3. The van der Waals surface area contributed by atoms with Crippen LogP contribution in [-0.2, 0) is 10.0 Å². The Morgan fingerprint density at radius 1 is 1.00 bits per heavy atom. The Hall–Kier alpha value is -0.900. The molecule has 0 unspecified atom stereocenters. The number of sulfonamides is 1. The lowest BCUT2D eigenvalue weighted by Gasteiger charge is -2.32. The summed E-state index contributed by atoms with van der Waals surface area (Å²) in [5.74, 6) is -6.54. The normalized spacial score (nSPS) is 19.7. The van der Waals surface area contributed by atoms with Crippen LogP contribution in [0.1, 0.15) is 25.7 Å². The van der Waals surface area contributed by atoms with Crippen molar-refractivity contribution in [3.8, 4) is 0 Å². The third kappa shape index (κ3) is 4.27. The van der Waals surface area contributed by atoms with E-state index in [2.05, 4.69) is 5.32 Å². The molecule has 142 valence electrons. The molecule has 10 heteroatoms. The maximum Gasteiger partial charge on any atom is 0.249 e. The molecule has 1 aromatic carbocycles. The van der Waals surface area contributed by atoms with E-state index in [0.717, 1.165) is 10.8 Å². The fraction of sp³-hybridized carbons (Fsp3) is 0.600. The molecule has 0 atom stereocenters. The first-order valence-corrected chi connectivity index (χ1v) is 9.31. The van der Waals surface area contributed by atoms with Gasteiger partial charge in [-0.1, -0.05) is 0 Å². The Bertz CT molecular complexity index is 709. The maximum atomic E-state index is 13.8. The molecule has 0 spiro atoms. The SMILES string of the molecule is Cl.O=S(=O)(c1c(F)c(F)cc(F)c1F)N1CCC(NCC2CC2)CC1. The van der Waals surface area contributed by atoms with Gasteiger partial charge in [-0.05, 0) is 38.1 Å². The summed E-state index contributed by atoms with van der Waals surface area (Å²) in [6.07, 6.45) is 3.35. The lowest BCUT2D eigenvalue weighted by atomic mass is 10.1. The molecule has 0 aromatic heterocycles. The van der Waals surface area contributed by atoms with Crippen molar-refractivity contribution in [3.63, 3.8) is 0 Å². The topological polar surface area (TPSA) is 49.4 Å². The molecule has 1 aliphatic carbocycles. The standard InChI is InChI=1S/C15H18F4N2O2S.ClH/c16-11-7-12(17)14(19)15(13(11)18)24(22,23)21-5-3-10(4-6-21)20-8-9-1-2-9;/h7,9-10,20H,1-6,8H2;1H. The van der Waals surface area contributed by atoms with Crippen LogP contribution >= 0.6 is 12.4 Å². The maximum absolute atomic E-state index is 13.8. The van der Waals surface area contributed by atoms with Gasteiger partial charge in [-0.2, -0.15) is 4.31 Å². The second kappa shape index (κ2) is 7.77. The summed E-state index contributed by atoms with van der Waals surface area (Å²) in [7, 11) is -4.64. The monoisotopic (exact) mass is 402 g/mol. The Morgan fingerprint density at radius 2 is 1.52 bits per heavy atom. The van der Waals surface area contributed by atoms with Gasteiger partial charge < -0.3 is 5.32 Å². The quantitative estimate of drug-likeness (QED) is 0.608. The molecule has 3 rings (SSSR count). The summed E-state index contributed by atoms with van der Waals surface area (Å²) in [6, 6.07) is 0.133. The van der Waals surface area contributed by atoms with Crippen LogP contribution in [0, 0.1) is 29.2 Å². The second-order valence-corrected chi connectivity index (χ2v) is 8.20. The number of piperidine rings is 1. The van der Waals surface area contributed by atoms with Crippen molar-refractivity contribution in [1.82, 2.24) is 9.62 Å². The van der Waals surface area contributed by atoms with Crippen molar-refractivity contribution in [2.45, 2.75) is 36.6 Å². The van der Waals surface area contributed by atoms with E-state index in [0.29, 0.717) is 18.8 Å². The number of nitrogens with zero attached hydrogens (tertiary/aromatic N) is 1. The highest BCUT2D eigenvalue weighted by Gasteiger charge is 2.36. The zero-order valence-corrected chi connectivity index (χ0v) is 14.9. The highest BCUT2D eigenvalue weighted by atomic mass is 35.5. The molecule has 1 saturated carbocycles. The van der Waals surface area contributed by atoms with E-state index >= 15 is 0 Å². The number of benzene rings is 1. The molecule has 2 fully saturated rings. The van der Waals surface area contributed by atoms with Gasteiger partial charge in [-0.3, -0.25) is 0 Å². The van der Waals surface area contributed by atoms with Crippen LogP contribution < -0.4 is 5.32 Å². The zero-order valence-electron chi connectivity index (χ0n) is 13.3. The highest BCUT2D eigenvalue weighted by molar-refractivity contribution is 7.89. The minimum atomic E-state index is -4.64. The average Bonchev–Trinajstić information content (AvgIpc) is 3.36. The Kier molecular flexibility index (Phi) is 6.35. The largest absolute Gasteiger partial charge is 0.314 e. The molecule has 1 saturated heterocycles. The van der Waals surface area contributed by atoms with E-state index in [1.54, 1.807) is 0 Å². The fourth-order valence-corrected chi connectivity index (χ4v) is 4.46. The van der Waals surface area contributed by atoms with Crippen LogP contribution in [0.2, 0.25) is 0 Å².